The first-order valence-electron chi connectivity index (χ1n) is 7.97. The first kappa shape index (κ1) is 18.8. The van der Waals surface area contributed by atoms with Crippen LogP contribution in [0.25, 0.3) is 0 Å². The van der Waals surface area contributed by atoms with Gasteiger partial charge in [-0.3, -0.25) is 4.79 Å². The lowest BCUT2D eigenvalue weighted by Gasteiger charge is -2.29. The first-order valence-corrected chi connectivity index (χ1v) is 10.7. The standard InChI is InChI=1S/C18H17BrFNO4S/c1-26(23,24)14-5-6-16-12(9-14)3-2-8-21(16)18(22)11-25-17-7-4-13(19)10-15(17)20/h4-7,9-10H,2-3,8,11H2,1H3. The van der Waals surface area contributed by atoms with Crippen LogP contribution in [-0.4, -0.2) is 33.7 Å². The van der Waals surface area contributed by atoms with Gasteiger partial charge in [-0.1, -0.05) is 15.9 Å². The number of sulfone groups is 1. The second-order valence-electron chi connectivity index (χ2n) is 6.08. The van der Waals surface area contributed by atoms with Crippen molar-refractivity contribution in [2.24, 2.45) is 0 Å². The van der Waals surface area contributed by atoms with Gasteiger partial charge in [-0.25, -0.2) is 12.8 Å². The molecule has 0 spiro atoms. The van der Waals surface area contributed by atoms with Gasteiger partial charge in [0.25, 0.3) is 5.91 Å². The Kier molecular flexibility index (Phi) is 5.34. The normalized spacial score (nSPS) is 14.0. The largest absolute Gasteiger partial charge is 0.481 e. The lowest BCUT2D eigenvalue weighted by Crippen LogP contribution is -2.38. The SMILES string of the molecule is CS(=O)(=O)c1ccc2c(c1)CCCN2C(=O)COc1ccc(Br)cc1F. The van der Waals surface area contributed by atoms with Gasteiger partial charge in [-0.2, -0.15) is 0 Å². The Bertz CT molecular complexity index is 962. The van der Waals surface area contributed by atoms with Crippen LogP contribution in [0.4, 0.5) is 10.1 Å². The molecule has 0 unspecified atom stereocenters. The van der Waals surface area contributed by atoms with Gasteiger partial charge in [-0.05, 0) is 54.8 Å². The summed E-state index contributed by atoms with van der Waals surface area (Å²) in [6, 6.07) is 9.10. The summed E-state index contributed by atoms with van der Waals surface area (Å²) in [6.45, 7) is 0.210. The van der Waals surface area contributed by atoms with Crippen molar-refractivity contribution in [3.63, 3.8) is 0 Å². The highest BCUT2D eigenvalue weighted by atomic mass is 79.9. The quantitative estimate of drug-likeness (QED) is 0.729. The Morgan fingerprint density at radius 1 is 1.27 bits per heavy atom. The summed E-state index contributed by atoms with van der Waals surface area (Å²) in [7, 11) is -3.30. The molecular weight excluding hydrogens is 425 g/mol. The fraction of sp³-hybridized carbons (Fsp3) is 0.278. The van der Waals surface area contributed by atoms with Crippen LogP contribution in [0.5, 0.6) is 5.75 Å². The fourth-order valence-electron chi connectivity index (χ4n) is 2.87. The molecule has 0 bridgehead atoms. The molecule has 3 rings (SSSR count). The summed E-state index contributed by atoms with van der Waals surface area (Å²) in [4.78, 5) is 14.3. The average molecular weight is 442 g/mol. The minimum atomic E-state index is -3.30. The van der Waals surface area contributed by atoms with Crippen LogP contribution in [0.2, 0.25) is 0 Å². The van der Waals surface area contributed by atoms with Crippen LogP contribution in [0.15, 0.2) is 45.8 Å². The summed E-state index contributed by atoms with van der Waals surface area (Å²) in [5.41, 5.74) is 1.48. The number of nitrogens with zero attached hydrogens (tertiary/aromatic N) is 1. The number of ether oxygens (including phenoxy) is 1. The molecule has 0 saturated carbocycles. The van der Waals surface area contributed by atoms with Gasteiger partial charge in [0.1, 0.15) is 0 Å². The predicted octanol–water partition coefficient (Wildman–Crippen LogP) is 3.35. The zero-order chi connectivity index (χ0) is 18.9. The predicted molar refractivity (Wildman–Crippen MR) is 99.8 cm³/mol. The zero-order valence-corrected chi connectivity index (χ0v) is 16.4. The van der Waals surface area contributed by atoms with Gasteiger partial charge < -0.3 is 9.64 Å². The second kappa shape index (κ2) is 7.36. The number of halogens is 2. The number of amides is 1. The third kappa shape index (κ3) is 4.07. The molecule has 1 heterocycles. The Hall–Kier alpha value is -1.93. The third-order valence-electron chi connectivity index (χ3n) is 4.14. The van der Waals surface area contributed by atoms with E-state index in [4.69, 9.17) is 4.74 Å². The molecule has 138 valence electrons. The maximum atomic E-state index is 13.8. The molecular formula is C18H17BrFNO4S. The maximum absolute atomic E-state index is 13.8. The monoisotopic (exact) mass is 441 g/mol. The Morgan fingerprint density at radius 3 is 2.73 bits per heavy atom. The number of benzene rings is 2. The van der Waals surface area contributed by atoms with Crippen LogP contribution in [-0.2, 0) is 21.1 Å². The van der Waals surface area contributed by atoms with E-state index in [1.807, 2.05) is 0 Å². The summed E-state index contributed by atoms with van der Waals surface area (Å²) < 4.78 is 43.1. The number of carbonyl (C=O) groups is 1. The molecule has 0 fully saturated rings. The van der Waals surface area contributed by atoms with E-state index in [1.165, 1.54) is 18.2 Å². The van der Waals surface area contributed by atoms with Crippen molar-refractivity contribution in [2.75, 3.05) is 24.3 Å². The number of aryl methyl sites for hydroxylation is 1. The van der Waals surface area contributed by atoms with Crippen LogP contribution in [0.1, 0.15) is 12.0 Å². The molecule has 8 heteroatoms. The van der Waals surface area contributed by atoms with E-state index in [2.05, 4.69) is 15.9 Å². The van der Waals surface area contributed by atoms with Crippen molar-refractivity contribution < 1.29 is 22.3 Å². The number of fused-ring (bicyclic) bond motifs is 1. The molecule has 2 aromatic carbocycles. The summed E-state index contributed by atoms with van der Waals surface area (Å²) in [5.74, 6) is -0.851. The lowest BCUT2D eigenvalue weighted by atomic mass is 10.0. The molecule has 1 amide bonds. The molecule has 0 radical (unpaired) electrons. The van der Waals surface area contributed by atoms with Crippen molar-refractivity contribution in [2.45, 2.75) is 17.7 Å². The highest BCUT2D eigenvalue weighted by molar-refractivity contribution is 9.10. The lowest BCUT2D eigenvalue weighted by molar-refractivity contribution is -0.120. The van der Waals surface area contributed by atoms with Gasteiger partial charge in [0.15, 0.2) is 28.0 Å². The fourth-order valence-corrected chi connectivity index (χ4v) is 3.88. The van der Waals surface area contributed by atoms with Crippen molar-refractivity contribution in [3.8, 4) is 5.75 Å². The molecule has 0 N–H and O–H groups in total. The van der Waals surface area contributed by atoms with Gasteiger partial charge in [0.2, 0.25) is 0 Å². The number of anilines is 1. The van der Waals surface area contributed by atoms with Gasteiger partial charge in [0.05, 0.1) is 4.90 Å². The van der Waals surface area contributed by atoms with E-state index < -0.39 is 15.7 Å². The maximum Gasteiger partial charge on any atom is 0.264 e. The van der Waals surface area contributed by atoms with Crippen molar-refractivity contribution >= 4 is 37.4 Å². The number of hydrogen-bond donors (Lipinski definition) is 0. The molecule has 1 aliphatic heterocycles. The minimum absolute atomic E-state index is 0.00575. The number of rotatable bonds is 4. The second-order valence-corrected chi connectivity index (χ2v) is 9.01. The Morgan fingerprint density at radius 2 is 2.04 bits per heavy atom. The highest BCUT2D eigenvalue weighted by Crippen LogP contribution is 2.30. The van der Waals surface area contributed by atoms with Crippen LogP contribution in [0.3, 0.4) is 0 Å². The third-order valence-corrected chi connectivity index (χ3v) is 5.75. The van der Waals surface area contributed by atoms with E-state index in [9.17, 15) is 17.6 Å². The molecule has 5 nitrogen and oxygen atoms in total. The average Bonchev–Trinajstić information content (AvgIpc) is 2.59. The van der Waals surface area contributed by atoms with Crippen molar-refractivity contribution in [1.82, 2.24) is 0 Å². The smallest absolute Gasteiger partial charge is 0.264 e. The Labute approximate surface area is 159 Å². The van der Waals surface area contributed by atoms with E-state index in [0.29, 0.717) is 23.1 Å². The summed E-state index contributed by atoms with van der Waals surface area (Å²) >= 11 is 3.16. The van der Waals surface area contributed by atoms with Crippen molar-refractivity contribution in [3.05, 3.63) is 52.3 Å². The minimum Gasteiger partial charge on any atom is -0.481 e. The molecule has 0 saturated heterocycles. The van der Waals surface area contributed by atoms with Gasteiger partial charge in [0, 0.05) is 23.0 Å². The summed E-state index contributed by atoms with van der Waals surface area (Å²) in [5, 5.41) is 0. The van der Waals surface area contributed by atoms with E-state index in [-0.39, 0.29) is 23.2 Å². The zero-order valence-electron chi connectivity index (χ0n) is 14.0. The molecule has 0 aromatic heterocycles. The molecule has 0 atom stereocenters. The highest BCUT2D eigenvalue weighted by Gasteiger charge is 2.24. The van der Waals surface area contributed by atoms with Crippen LogP contribution >= 0.6 is 15.9 Å². The molecule has 26 heavy (non-hydrogen) atoms. The van der Waals surface area contributed by atoms with Gasteiger partial charge >= 0.3 is 0 Å². The molecule has 1 aliphatic rings. The van der Waals surface area contributed by atoms with Crippen LogP contribution in [0, 0.1) is 5.82 Å². The molecule has 0 aliphatic carbocycles. The summed E-state index contributed by atoms with van der Waals surface area (Å²) in [6.07, 6.45) is 2.57. The van der Waals surface area contributed by atoms with Crippen molar-refractivity contribution in [1.29, 1.82) is 0 Å². The topological polar surface area (TPSA) is 63.7 Å². The van der Waals surface area contributed by atoms with E-state index in [1.54, 1.807) is 23.1 Å². The number of carbonyl (C=O) groups excluding carboxylic acids is 1. The first-order chi connectivity index (χ1) is 12.3. The van der Waals surface area contributed by atoms with E-state index in [0.717, 1.165) is 18.2 Å². The Balaban J connectivity index is 1.77. The number of hydrogen-bond acceptors (Lipinski definition) is 4. The van der Waals surface area contributed by atoms with Gasteiger partial charge in [-0.15, -0.1) is 0 Å². The molecule has 2 aromatic rings. The van der Waals surface area contributed by atoms with Crippen LogP contribution < -0.4 is 9.64 Å². The van der Waals surface area contributed by atoms with E-state index >= 15 is 0 Å².